The number of carboxylic acid groups (broad SMARTS) is 1. The van der Waals surface area contributed by atoms with E-state index in [4.69, 9.17) is 5.11 Å². The van der Waals surface area contributed by atoms with Crippen LogP contribution in [0.1, 0.15) is 19.8 Å². The summed E-state index contributed by atoms with van der Waals surface area (Å²) in [5, 5.41) is 8.91. The minimum Gasteiger partial charge on any atom is -0.481 e. The molecule has 1 unspecified atom stereocenters. The summed E-state index contributed by atoms with van der Waals surface area (Å²) in [6, 6.07) is 0.0152. The Morgan fingerprint density at radius 3 is 2.19 bits per heavy atom. The number of urea groups is 1. The minimum absolute atomic E-state index is 0.0152. The molecule has 0 aromatic heterocycles. The van der Waals surface area contributed by atoms with E-state index in [0.717, 1.165) is 12.8 Å². The second-order valence-corrected chi connectivity index (χ2v) is 4.63. The molecule has 1 rings (SSSR count). The zero-order chi connectivity index (χ0) is 12.3. The van der Waals surface area contributed by atoms with Gasteiger partial charge in [-0.2, -0.15) is 0 Å². The highest BCUT2D eigenvalue weighted by Gasteiger charge is 2.29. The van der Waals surface area contributed by atoms with Crippen LogP contribution in [-0.4, -0.2) is 54.1 Å². The van der Waals surface area contributed by atoms with Crippen molar-refractivity contribution in [2.24, 2.45) is 11.8 Å². The predicted octanol–water partition coefficient (Wildman–Crippen LogP) is 1.10. The Bertz CT molecular complexity index is 270. The van der Waals surface area contributed by atoms with E-state index < -0.39 is 5.97 Å². The van der Waals surface area contributed by atoms with Crippen molar-refractivity contribution >= 4 is 12.0 Å². The summed E-state index contributed by atoms with van der Waals surface area (Å²) >= 11 is 0. The fourth-order valence-electron chi connectivity index (χ4n) is 2.08. The van der Waals surface area contributed by atoms with E-state index >= 15 is 0 Å². The van der Waals surface area contributed by atoms with Crippen LogP contribution in [-0.2, 0) is 4.79 Å². The van der Waals surface area contributed by atoms with Crippen molar-refractivity contribution < 1.29 is 14.7 Å². The summed E-state index contributed by atoms with van der Waals surface area (Å²) in [5.41, 5.74) is 0. The molecule has 0 bridgehead atoms. The van der Waals surface area contributed by atoms with E-state index in [1.807, 2.05) is 0 Å². The summed E-state index contributed by atoms with van der Waals surface area (Å²) < 4.78 is 0. The fraction of sp³-hybridized carbons (Fsp3) is 0.818. The van der Waals surface area contributed by atoms with Gasteiger partial charge in [0.25, 0.3) is 0 Å². The lowest BCUT2D eigenvalue weighted by atomic mass is 9.85. The van der Waals surface area contributed by atoms with Gasteiger partial charge in [0.05, 0.1) is 5.92 Å². The number of rotatable bonds is 2. The van der Waals surface area contributed by atoms with Crippen molar-refractivity contribution in [3.8, 4) is 0 Å². The summed E-state index contributed by atoms with van der Waals surface area (Å²) in [7, 11) is 3.46. The predicted molar refractivity (Wildman–Crippen MR) is 60.2 cm³/mol. The highest BCUT2D eigenvalue weighted by molar-refractivity contribution is 5.74. The minimum atomic E-state index is -0.739. The first kappa shape index (κ1) is 12.8. The lowest BCUT2D eigenvalue weighted by Gasteiger charge is -2.34. The molecule has 0 aromatic carbocycles. The highest BCUT2D eigenvalue weighted by Crippen LogP contribution is 2.25. The normalized spacial score (nSPS) is 19.3. The van der Waals surface area contributed by atoms with Gasteiger partial charge in [-0.25, -0.2) is 4.79 Å². The van der Waals surface area contributed by atoms with E-state index in [1.165, 1.54) is 0 Å². The van der Waals surface area contributed by atoms with Gasteiger partial charge >= 0.3 is 12.0 Å². The van der Waals surface area contributed by atoms with Crippen molar-refractivity contribution in [2.45, 2.75) is 19.8 Å². The number of amides is 2. The van der Waals surface area contributed by atoms with Crippen molar-refractivity contribution in [1.29, 1.82) is 0 Å². The molecule has 1 saturated heterocycles. The number of carbonyl (C=O) groups is 2. The van der Waals surface area contributed by atoms with Gasteiger partial charge in [0, 0.05) is 27.2 Å². The Balaban J connectivity index is 2.45. The van der Waals surface area contributed by atoms with E-state index in [1.54, 1.807) is 30.8 Å². The lowest BCUT2D eigenvalue weighted by Crippen LogP contribution is -2.45. The smallest absolute Gasteiger partial charge is 0.319 e. The molecule has 0 aromatic rings. The molecule has 92 valence electrons. The molecule has 16 heavy (non-hydrogen) atoms. The third kappa shape index (κ3) is 2.87. The quantitative estimate of drug-likeness (QED) is 0.770. The molecule has 1 aliphatic rings. The van der Waals surface area contributed by atoms with Gasteiger partial charge in [0.1, 0.15) is 0 Å². The molecule has 0 radical (unpaired) electrons. The molecular formula is C11H20N2O3. The Morgan fingerprint density at radius 2 is 1.81 bits per heavy atom. The molecule has 0 spiro atoms. The lowest BCUT2D eigenvalue weighted by molar-refractivity contribution is -0.143. The number of hydrogen-bond acceptors (Lipinski definition) is 2. The molecule has 2 amide bonds. The zero-order valence-corrected chi connectivity index (χ0v) is 10.1. The van der Waals surface area contributed by atoms with Crippen molar-refractivity contribution in [2.75, 3.05) is 27.2 Å². The third-order valence-corrected chi connectivity index (χ3v) is 3.29. The second-order valence-electron chi connectivity index (χ2n) is 4.63. The maximum absolute atomic E-state index is 11.6. The molecule has 1 aliphatic heterocycles. The van der Waals surface area contributed by atoms with Crippen LogP contribution < -0.4 is 0 Å². The largest absolute Gasteiger partial charge is 0.481 e. The number of hydrogen-bond donors (Lipinski definition) is 1. The Morgan fingerprint density at radius 1 is 1.31 bits per heavy atom. The van der Waals surface area contributed by atoms with Gasteiger partial charge in [-0.1, -0.05) is 6.92 Å². The van der Waals surface area contributed by atoms with Gasteiger partial charge in [-0.05, 0) is 18.8 Å². The molecule has 0 saturated carbocycles. The zero-order valence-electron chi connectivity index (χ0n) is 10.1. The number of likely N-dealkylation sites (tertiary alicyclic amines) is 1. The molecule has 1 N–H and O–H groups in total. The summed E-state index contributed by atoms with van der Waals surface area (Å²) in [4.78, 5) is 25.8. The van der Waals surface area contributed by atoms with Crippen LogP contribution in [0.3, 0.4) is 0 Å². The summed E-state index contributed by atoms with van der Waals surface area (Å²) in [6.45, 7) is 3.08. The molecular weight excluding hydrogens is 208 g/mol. The Labute approximate surface area is 96.0 Å². The van der Waals surface area contributed by atoms with Crippen molar-refractivity contribution in [1.82, 2.24) is 9.80 Å². The van der Waals surface area contributed by atoms with E-state index in [-0.39, 0.29) is 17.9 Å². The van der Waals surface area contributed by atoms with Crippen molar-refractivity contribution in [3.63, 3.8) is 0 Å². The van der Waals surface area contributed by atoms with Gasteiger partial charge in [-0.3, -0.25) is 4.79 Å². The number of nitrogens with zero attached hydrogens (tertiary/aromatic N) is 2. The van der Waals surface area contributed by atoms with Crippen LogP contribution in [0.2, 0.25) is 0 Å². The van der Waals surface area contributed by atoms with Gasteiger partial charge < -0.3 is 14.9 Å². The molecule has 1 fully saturated rings. The molecule has 5 heteroatoms. The van der Waals surface area contributed by atoms with Crippen molar-refractivity contribution in [3.05, 3.63) is 0 Å². The first-order valence-electron chi connectivity index (χ1n) is 5.62. The van der Waals surface area contributed by atoms with Crippen LogP contribution in [0.15, 0.2) is 0 Å². The Hall–Kier alpha value is -1.26. The SMILES string of the molecule is CC(C(=O)O)C1CCN(C(=O)N(C)C)CC1. The van der Waals surface area contributed by atoms with E-state index in [2.05, 4.69) is 0 Å². The van der Waals surface area contributed by atoms with Crippen LogP contribution in [0.4, 0.5) is 4.79 Å². The van der Waals surface area contributed by atoms with Crippen LogP contribution in [0.25, 0.3) is 0 Å². The van der Waals surface area contributed by atoms with Crippen LogP contribution in [0.5, 0.6) is 0 Å². The van der Waals surface area contributed by atoms with Crippen LogP contribution >= 0.6 is 0 Å². The van der Waals surface area contributed by atoms with Gasteiger partial charge in [0.2, 0.25) is 0 Å². The molecule has 1 atom stereocenters. The van der Waals surface area contributed by atoms with E-state index in [9.17, 15) is 9.59 Å². The maximum atomic E-state index is 11.6. The van der Waals surface area contributed by atoms with E-state index in [0.29, 0.717) is 13.1 Å². The number of piperidine rings is 1. The molecule has 5 nitrogen and oxygen atoms in total. The third-order valence-electron chi connectivity index (χ3n) is 3.29. The number of aliphatic carboxylic acids is 1. The maximum Gasteiger partial charge on any atom is 0.319 e. The highest BCUT2D eigenvalue weighted by atomic mass is 16.4. The standard InChI is InChI=1S/C11H20N2O3/c1-8(10(14)15)9-4-6-13(7-5-9)11(16)12(2)3/h8-9H,4-7H2,1-3H3,(H,14,15). The Kier molecular flexibility index (Phi) is 4.15. The molecule has 1 heterocycles. The second kappa shape index (κ2) is 5.18. The van der Waals surface area contributed by atoms with Crippen LogP contribution in [0, 0.1) is 11.8 Å². The first-order valence-corrected chi connectivity index (χ1v) is 5.62. The average molecular weight is 228 g/mol. The number of carbonyl (C=O) groups excluding carboxylic acids is 1. The summed E-state index contributed by atoms with van der Waals surface area (Å²) in [6.07, 6.45) is 1.57. The fourth-order valence-corrected chi connectivity index (χ4v) is 2.08. The topological polar surface area (TPSA) is 60.9 Å². The van der Waals surface area contributed by atoms with Gasteiger partial charge in [-0.15, -0.1) is 0 Å². The number of carboxylic acids is 1. The average Bonchev–Trinajstić information content (AvgIpc) is 2.27. The molecule has 0 aliphatic carbocycles. The first-order chi connectivity index (χ1) is 7.43. The van der Waals surface area contributed by atoms with Gasteiger partial charge in [0.15, 0.2) is 0 Å². The summed E-state index contributed by atoms with van der Waals surface area (Å²) in [5.74, 6) is -0.849. The monoisotopic (exact) mass is 228 g/mol.